The number of ether oxygens (including phenoxy) is 1. The number of piperidine rings is 1. The highest BCUT2D eigenvalue weighted by atomic mass is 32.2. The SMILES string of the molecule is C[C@H]1C[C@]2(CCN1C(=O)OCc1ccccc1)C(O)CSN2c1cccc(F)c1. The number of anilines is 1. The summed E-state index contributed by atoms with van der Waals surface area (Å²) >= 11 is 1.52. The molecule has 2 aromatic carbocycles. The van der Waals surface area contributed by atoms with Gasteiger partial charge in [-0.2, -0.15) is 0 Å². The van der Waals surface area contributed by atoms with Gasteiger partial charge in [0.15, 0.2) is 0 Å². The van der Waals surface area contributed by atoms with Crippen LogP contribution in [-0.2, 0) is 11.3 Å². The number of nitrogens with zero attached hydrogens (tertiary/aromatic N) is 2. The molecule has 154 valence electrons. The quantitative estimate of drug-likeness (QED) is 0.760. The van der Waals surface area contributed by atoms with Gasteiger partial charge < -0.3 is 19.0 Å². The van der Waals surface area contributed by atoms with Crippen LogP contribution < -0.4 is 4.31 Å². The maximum Gasteiger partial charge on any atom is 0.410 e. The first-order valence-electron chi connectivity index (χ1n) is 9.84. The van der Waals surface area contributed by atoms with Gasteiger partial charge in [0.25, 0.3) is 0 Å². The molecule has 0 aliphatic carbocycles. The van der Waals surface area contributed by atoms with E-state index < -0.39 is 11.6 Å². The minimum atomic E-state index is -0.541. The lowest BCUT2D eigenvalue weighted by Crippen LogP contribution is -2.60. The molecule has 2 aliphatic heterocycles. The zero-order chi connectivity index (χ0) is 20.4. The number of hydrogen-bond donors (Lipinski definition) is 1. The molecule has 29 heavy (non-hydrogen) atoms. The molecule has 2 aromatic rings. The van der Waals surface area contributed by atoms with Crippen LogP contribution in [0, 0.1) is 5.82 Å². The molecule has 1 amide bonds. The first kappa shape index (κ1) is 20.0. The smallest absolute Gasteiger partial charge is 0.410 e. The van der Waals surface area contributed by atoms with Crippen LogP contribution in [0.2, 0.25) is 0 Å². The first-order valence-corrected chi connectivity index (χ1v) is 10.8. The summed E-state index contributed by atoms with van der Waals surface area (Å²) in [7, 11) is 0. The van der Waals surface area contributed by atoms with E-state index in [1.54, 1.807) is 11.0 Å². The van der Waals surface area contributed by atoms with Crippen molar-refractivity contribution in [2.75, 3.05) is 16.6 Å². The highest BCUT2D eigenvalue weighted by Crippen LogP contribution is 2.48. The Balaban J connectivity index is 1.46. The third kappa shape index (κ3) is 3.94. The van der Waals surface area contributed by atoms with Crippen molar-refractivity contribution in [3.8, 4) is 0 Å². The largest absolute Gasteiger partial charge is 0.445 e. The predicted octanol–water partition coefficient (Wildman–Crippen LogP) is 4.21. The summed E-state index contributed by atoms with van der Waals surface area (Å²) in [4.78, 5) is 14.4. The molecule has 2 heterocycles. The molecule has 3 atom stereocenters. The van der Waals surface area contributed by atoms with Crippen molar-refractivity contribution in [1.29, 1.82) is 0 Å². The average Bonchev–Trinajstić information content (AvgIpc) is 3.02. The van der Waals surface area contributed by atoms with E-state index >= 15 is 0 Å². The van der Waals surface area contributed by atoms with E-state index in [1.807, 2.05) is 47.6 Å². The molecular formula is C22H25FN2O3S. The second-order valence-electron chi connectivity index (χ2n) is 7.73. The molecule has 0 aromatic heterocycles. The van der Waals surface area contributed by atoms with Crippen LogP contribution in [0.25, 0.3) is 0 Å². The number of likely N-dealkylation sites (tertiary alicyclic amines) is 1. The molecular weight excluding hydrogens is 391 g/mol. The van der Waals surface area contributed by atoms with Crippen molar-refractivity contribution < 1.29 is 19.0 Å². The Kier molecular flexibility index (Phi) is 5.69. The van der Waals surface area contributed by atoms with E-state index in [9.17, 15) is 14.3 Å². The van der Waals surface area contributed by atoms with Gasteiger partial charge in [-0.1, -0.05) is 36.4 Å². The minimum Gasteiger partial charge on any atom is -0.445 e. The maximum atomic E-state index is 13.8. The van der Waals surface area contributed by atoms with Gasteiger partial charge in [-0.25, -0.2) is 9.18 Å². The molecule has 5 nitrogen and oxygen atoms in total. The van der Waals surface area contributed by atoms with Crippen LogP contribution in [0.1, 0.15) is 25.3 Å². The topological polar surface area (TPSA) is 53.0 Å². The lowest BCUT2D eigenvalue weighted by molar-refractivity contribution is 0.0243. The van der Waals surface area contributed by atoms with Crippen LogP contribution >= 0.6 is 11.9 Å². The van der Waals surface area contributed by atoms with Gasteiger partial charge in [0.05, 0.1) is 17.3 Å². The zero-order valence-corrected chi connectivity index (χ0v) is 17.1. The normalized spacial score (nSPS) is 26.7. The molecule has 0 bridgehead atoms. The van der Waals surface area contributed by atoms with Crippen molar-refractivity contribution in [3.05, 3.63) is 66.0 Å². The van der Waals surface area contributed by atoms with Crippen LogP contribution in [-0.4, -0.2) is 46.1 Å². The number of carbonyl (C=O) groups excluding carboxylic acids is 1. The lowest BCUT2D eigenvalue weighted by atomic mass is 9.79. The average molecular weight is 417 g/mol. The zero-order valence-electron chi connectivity index (χ0n) is 16.3. The van der Waals surface area contributed by atoms with E-state index in [2.05, 4.69) is 0 Å². The Hall–Kier alpha value is -2.25. The summed E-state index contributed by atoms with van der Waals surface area (Å²) < 4.78 is 21.3. The van der Waals surface area contributed by atoms with Crippen LogP contribution in [0.5, 0.6) is 0 Å². The third-order valence-corrected chi connectivity index (χ3v) is 7.13. The second kappa shape index (κ2) is 8.24. The van der Waals surface area contributed by atoms with Crippen LogP contribution in [0.15, 0.2) is 54.6 Å². The molecule has 4 rings (SSSR count). The number of aliphatic hydroxyl groups excluding tert-OH is 1. The van der Waals surface area contributed by atoms with Gasteiger partial charge >= 0.3 is 6.09 Å². The summed E-state index contributed by atoms with van der Waals surface area (Å²) in [5, 5.41) is 10.8. The molecule has 7 heteroatoms. The van der Waals surface area contributed by atoms with Gasteiger partial charge in [0.1, 0.15) is 12.4 Å². The number of carbonyl (C=O) groups is 1. The lowest BCUT2D eigenvalue weighted by Gasteiger charge is -2.48. The minimum absolute atomic E-state index is 0.101. The number of amides is 1. The van der Waals surface area contributed by atoms with Crippen LogP contribution in [0.3, 0.4) is 0 Å². The molecule has 2 saturated heterocycles. The van der Waals surface area contributed by atoms with Crippen molar-refractivity contribution in [1.82, 2.24) is 4.90 Å². The van der Waals surface area contributed by atoms with E-state index in [1.165, 1.54) is 24.1 Å². The number of rotatable bonds is 3. The molecule has 1 spiro atoms. The molecule has 2 fully saturated rings. The highest BCUT2D eigenvalue weighted by molar-refractivity contribution is 8.01. The summed E-state index contributed by atoms with van der Waals surface area (Å²) in [6.07, 6.45) is 0.315. The van der Waals surface area contributed by atoms with Crippen LogP contribution in [0.4, 0.5) is 14.9 Å². The Morgan fingerprint density at radius 3 is 2.79 bits per heavy atom. The summed E-state index contributed by atoms with van der Waals surface area (Å²) in [5.41, 5.74) is 1.18. The predicted molar refractivity (Wildman–Crippen MR) is 112 cm³/mol. The Labute approximate surface area is 174 Å². The number of hydrogen-bond acceptors (Lipinski definition) is 5. The third-order valence-electron chi connectivity index (χ3n) is 5.84. The standard InChI is InChI=1S/C22H25FN2O3S/c1-16-13-22(20(26)15-29-25(22)19-9-5-8-18(23)12-19)10-11-24(16)21(27)28-14-17-6-3-2-4-7-17/h2-9,12,16,20,26H,10-11,13-15H2,1H3/t16-,20?,22+/m0/s1. The van der Waals surface area contributed by atoms with Crippen molar-refractivity contribution in [2.45, 2.75) is 44.1 Å². The Morgan fingerprint density at radius 1 is 1.28 bits per heavy atom. The summed E-state index contributed by atoms with van der Waals surface area (Å²) in [6, 6.07) is 16.0. The van der Waals surface area contributed by atoms with Crippen molar-refractivity contribution >= 4 is 23.7 Å². The maximum absolute atomic E-state index is 13.8. The number of benzene rings is 2. The summed E-state index contributed by atoms with van der Waals surface area (Å²) in [5.74, 6) is 0.261. The number of aliphatic hydroxyl groups is 1. The molecule has 0 radical (unpaired) electrons. The second-order valence-corrected chi connectivity index (χ2v) is 8.68. The van der Waals surface area contributed by atoms with E-state index in [4.69, 9.17) is 4.74 Å². The number of halogens is 1. The van der Waals surface area contributed by atoms with Gasteiger partial charge in [-0.15, -0.1) is 0 Å². The van der Waals surface area contributed by atoms with Crippen molar-refractivity contribution in [2.24, 2.45) is 0 Å². The highest BCUT2D eigenvalue weighted by Gasteiger charge is 2.53. The Bertz CT molecular complexity index is 868. The van der Waals surface area contributed by atoms with Crippen molar-refractivity contribution in [3.63, 3.8) is 0 Å². The molecule has 1 N–H and O–H groups in total. The summed E-state index contributed by atoms with van der Waals surface area (Å²) in [6.45, 7) is 2.70. The fourth-order valence-electron chi connectivity index (χ4n) is 4.32. The molecule has 2 aliphatic rings. The van der Waals surface area contributed by atoms with E-state index in [0.29, 0.717) is 25.1 Å². The molecule has 1 unspecified atom stereocenters. The molecule has 0 saturated carbocycles. The fourth-order valence-corrected chi connectivity index (χ4v) is 5.72. The fraction of sp³-hybridized carbons (Fsp3) is 0.409. The van der Waals surface area contributed by atoms with Gasteiger partial charge in [0, 0.05) is 18.3 Å². The first-order chi connectivity index (χ1) is 14.0. The van der Waals surface area contributed by atoms with E-state index in [0.717, 1.165) is 11.3 Å². The Morgan fingerprint density at radius 2 is 2.07 bits per heavy atom. The van der Waals surface area contributed by atoms with Gasteiger partial charge in [-0.05, 0) is 55.5 Å². The monoisotopic (exact) mass is 416 g/mol. The van der Waals surface area contributed by atoms with Gasteiger partial charge in [-0.3, -0.25) is 0 Å². The van der Waals surface area contributed by atoms with Gasteiger partial charge in [0.2, 0.25) is 0 Å². The van der Waals surface area contributed by atoms with E-state index in [-0.39, 0.29) is 24.6 Å².